The maximum atomic E-state index is 12.8. The van der Waals surface area contributed by atoms with E-state index in [2.05, 4.69) is 5.10 Å². The van der Waals surface area contributed by atoms with Crippen molar-refractivity contribution in [2.24, 2.45) is 7.05 Å². The van der Waals surface area contributed by atoms with E-state index in [1.165, 1.54) is 11.6 Å². The molecule has 0 N–H and O–H groups in total. The molecule has 0 aliphatic heterocycles. The minimum Gasteiger partial charge on any atom is -0.292 e. The van der Waals surface area contributed by atoms with Crippen LogP contribution < -0.4 is 4.87 Å². The van der Waals surface area contributed by atoms with Gasteiger partial charge in [0.25, 0.3) is 0 Å². The van der Waals surface area contributed by atoms with E-state index in [0.717, 1.165) is 37.9 Å². The minimum atomic E-state index is -4.46. The number of para-hydroxylation sites is 1. The number of hydrogen-bond donors (Lipinski definition) is 0. The van der Waals surface area contributed by atoms with Crippen molar-refractivity contribution in [3.63, 3.8) is 0 Å². The fourth-order valence-corrected chi connectivity index (χ4v) is 3.44. The third kappa shape index (κ3) is 2.43. The molecule has 116 valence electrons. The number of rotatable bonds is 2. The van der Waals surface area contributed by atoms with Crippen molar-refractivity contribution in [2.45, 2.75) is 19.6 Å². The van der Waals surface area contributed by atoms with Crippen LogP contribution in [0.5, 0.6) is 0 Å². The molecule has 0 saturated heterocycles. The second-order valence-electron chi connectivity index (χ2n) is 5.02. The number of fused-ring (bicyclic) bond motifs is 1. The molecule has 0 saturated carbocycles. The third-order valence-electron chi connectivity index (χ3n) is 3.43. The number of aromatic nitrogens is 3. The molecule has 22 heavy (non-hydrogen) atoms. The lowest BCUT2D eigenvalue weighted by Gasteiger charge is -2.04. The Labute approximate surface area is 127 Å². The molecule has 2 aromatic heterocycles. The lowest BCUT2D eigenvalue weighted by atomic mass is 10.2. The van der Waals surface area contributed by atoms with Gasteiger partial charge < -0.3 is 0 Å². The van der Waals surface area contributed by atoms with Gasteiger partial charge in [-0.25, -0.2) is 0 Å². The second-order valence-corrected chi connectivity index (χ2v) is 6.01. The zero-order valence-electron chi connectivity index (χ0n) is 11.8. The molecule has 0 unspecified atom stereocenters. The van der Waals surface area contributed by atoms with E-state index in [1.807, 2.05) is 25.1 Å². The van der Waals surface area contributed by atoms with Crippen molar-refractivity contribution >= 4 is 21.6 Å². The first-order chi connectivity index (χ1) is 10.3. The summed E-state index contributed by atoms with van der Waals surface area (Å²) in [7, 11) is 1.24. The van der Waals surface area contributed by atoms with E-state index in [-0.39, 0.29) is 17.1 Å². The fourth-order valence-electron chi connectivity index (χ4n) is 2.48. The Balaban J connectivity index is 2.08. The third-order valence-corrected chi connectivity index (χ3v) is 4.37. The zero-order chi connectivity index (χ0) is 16.1. The molecule has 4 nitrogen and oxygen atoms in total. The number of thiazole rings is 1. The van der Waals surface area contributed by atoms with Crippen molar-refractivity contribution in [3.05, 3.63) is 50.9 Å². The predicted molar refractivity (Wildman–Crippen MR) is 78.1 cm³/mol. The molecule has 0 aliphatic rings. The Morgan fingerprint density at radius 2 is 2.05 bits per heavy atom. The normalized spacial score (nSPS) is 12.2. The van der Waals surface area contributed by atoms with E-state index in [9.17, 15) is 18.0 Å². The van der Waals surface area contributed by atoms with Crippen LogP contribution in [-0.4, -0.2) is 14.3 Å². The number of halogens is 3. The topological polar surface area (TPSA) is 39.8 Å². The van der Waals surface area contributed by atoms with Gasteiger partial charge in [0.1, 0.15) is 5.69 Å². The van der Waals surface area contributed by atoms with Crippen LogP contribution in [-0.2, 0) is 19.8 Å². The van der Waals surface area contributed by atoms with Crippen LogP contribution in [0.3, 0.4) is 0 Å². The maximum Gasteiger partial charge on any atom is 0.433 e. The van der Waals surface area contributed by atoms with Gasteiger partial charge >= 0.3 is 11.0 Å². The molecule has 0 fully saturated rings. The first kappa shape index (κ1) is 14.8. The fraction of sp³-hybridized carbons (Fsp3) is 0.286. The van der Waals surface area contributed by atoms with Crippen molar-refractivity contribution < 1.29 is 13.2 Å². The van der Waals surface area contributed by atoms with E-state index in [1.54, 1.807) is 0 Å². The van der Waals surface area contributed by atoms with E-state index in [4.69, 9.17) is 0 Å². The average Bonchev–Trinajstić information content (AvgIpc) is 2.92. The van der Waals surface area contributed by atoms with Gasteiger partial charge in [0.15, 0.2) is 0 Å². The predicted octanol–water partition coefficient (Wildman–Crippen LogP) is 3.17. The molecular weight excluding hydrogens is 315 g/mol. The van der Waals surface area contributed by atoms with Gasteiger partial charge in [-0.3, -0.25) is 14.0 Å². The highest BCUT2D eigenvalue weighted by Crippen LogP contribution is 2.29. The quantitative estimate of drug-likeness (QED) is 0.725. The summed E-state index contributed by atoms with van der Waals surface area (Å²) >= 11 is 1.08. The highest BCUT2D eigenvalue weighted by molar-refractivity contribution is 7.16. The molecule has 0 amide bonds. The Bertz CT molecular complexity index is 904. The largest absolute Gasteiger partial charge is 0.433 e. The minimum absolute atomic E-state index is 0.0214. The van der Waals surface area contributed by atoms with E-state index >= 15 is 0 Å². The van der Waals surface area contributed by atoms with Gasteiger partial charge in [0.2, 0.25) is 0 Å². The molecule has 0 bridgehead atoms. The van der Waals surface area contributed by atoms with E-state index < -0.39 is 11.9 Å². The number of hydrogen-bond acceptors (Lipinski definition) is 3. The van der Waals surface area contributed by atoms with E-state index in [0.29, 0.717) is 0 Å². The van der Waals surface area contributed by atoms with Crippen molar-refractivity contribution in [1.29, 1.82) is 0 Å². The van der Waals surface area contributed by atoms with Gasteiger partial charge in [0, 0.05) is 7.05 Å². The molecular formula is C14H12F3N3OS. The smallest absolute Gasteiger partial charge is 0.292 e. The maximum absolute atomic E-state index is 12.8. The first-order valence-electron chi connectivity index (χ1n) is 6.46. The Morgan fingerprint density at radius 3 is 2.68 bits per heavy atom. The van der Waals surface area contributed by atoms with Gasteiger partial charge in [-0.05, 0) is 24.6 Å². The molecule has 3 aromatic rings. The highest BCUT2D eigenvalue weighted by atomic mass is 32.1. The lowest BCUT2D eigenvalue weighted by molar-refractivity contribution is -0.143. The Kier molecular flexibility index (Phi) is 3.36. The molecule has 0 spiro atoms. The number of aryl methyl sites for hydroxylation is 2. The molecule has 0 aliphatic carbocycles. The monoisotopic (exact) mass is 327 g/mol. The van der Waals surface area contributed by atoms with Crippen LogP contribution >= 0.6 is 11.3 Å². The number of alkyl halides is 3. The Hall–Kier alpha value is -2.09. The summed E-state index contributed by atoms with van der Waals surface area (Å²) in [6, 6.07) is 6.52. The van der Waals surface area contributed by atoms with Crippen LogP contribution in [0.15, 0.2) is 29.1 Å². The molecule has 3 rings (SSSR count). The first-order valence-corrected chi connectivity index (χ1v) is 7.28. The average molecular weight is 327 g/mol. The van der Waals surface area contributed by atoms with Gasteiger partial charge in [-0.1, -0.05) is 23.5 Å². The number of nitrogens with zero attached hydrogens (tertiary/aromatic N) is 3. The summed E-state index contributed by atoms with van der Waals surface area (Å²) in [6.45, 7) is 1.89. The summed E-state index contributed by atoms with van der Waals surface area (Å²) < 4.78 is 41.5. The highest BCUT2D eigenvalue weighted by Gasteiger charge is 2.35. The molecule has 0 atom stereocenters. The van der Waals surface area contributed by atoms with Crippen LogP contribution in [0.2, 0.25) is 0 Å². The van der Waals surface area contributed by atoms with Crippen molar-refractivity contribution in [1.82, 2.24) is 14.3 Å². The molecule has 8 heteroatoms. The lowest BCUT2D eigenvalue weighted by Crippen LogP contribution is -2.14. The molecule has 1 aromatic carbocycles. The summed E-state index contributed by atoms with van der Waals surface area (Å²) in [5.74, 6) is 0. The van der Waals surface area contributed by atoms with Gasteiger partial charge in [0.05, 0.1) is 22.5 Å². The van der Waals surface area contributed by atoms with Gasteiger partial charge in [-0.2, -0.15) is 18.3 Å². The van der Waals surface area contributed by atoms with Crippen molar-refractivity contribution in [3.8, 4) is 0 Å². The Morgan fingerprint density at radius 1 is 1.32 bits per heavy atom. The SMILES string of the molecule is Cc1cccc2sc(=O)n(Cc3cc(C(F)(F)F)n(C)n3)c12. The second kappa shape index (κ2) is 4.98. The van der Waals surface area contributed by atoms with Crippen molar-refractivity contribution in [2.75, 3.05) is 0 Å². The van der Waals surface area contributed by atoms with Gasteiger partial charge in [-0.15, -0.1) is 0 Å². The summed E-state index contributed by atoms with van der Waals surface area (Å²) in [4.78, 5) is 11.9. The van der Waals surface area contributed by atoms with Crippen LogP contribution in [0.25, 0.3) is 10.2 Å². The summed E-state index contributed by atoms with van der Waals surface area (Å²) in [5, 5.41) is 3.87. The number of benzene rings is 1. The molecule has 0 radical (unpaired) electrons. The summed E-state index contributed by atoms with van der Waals surface area (Å²) in [6.07, 6.45) is -4.46. The zero-order valence-corrected chi connectivity index (χ0v) is 12.6. The standard InChI is InChI=1S/C14H12F3N3OS/c1-8-4-3-5-10-12(8)20(13(21)22-10)7-9-6-11(14(15,16)17)19(2)18-9/h3-6H,7H2,1-2H3. The molecule has 2 heterocycles. The summed E-state index contributed by atoms with van der Waals surface area (Å²) in [5.41, 5.74) is 1.03. The van der Waals surface area contributed by atoms with Crippen LogP contribution in [0, 0.1) is 6.92 Å². The van der Waals surface area contributed by atoms with Crippen LogP contribution in [0.1, 0.15) is 17.0 Å². The van der Waals surface area contributed by atoms with Crippen LogP contribution in [0.4, 0.5) is 13.2 Å².